The van der Waals surface area contributed by atoms with Crippen molar-refractivity contribution >= 4 is 11.6 Å². The minimum absolute atomic E-state index is 0.200. The molecule has 1 unspecified atom stereocenters. The highest BCUT2D eigenvalue weighted by Crippen LogP contribution is 2.23. The van der Waals surface area contributed by atoms with Crippen molar-refractivity contribution in [1.82, 2.24) is 5.32 Å². The van der Waals surface area contributed by atoms with Gasteiger partial charge >= 0.3 is 0 Å². The molecule has 0 amide bonds. The molecule has 1 atom stereocenters. The summed E-state index contributed by atoms with van der Waals surface area (Å²) < 4.78 is 13.0. The van der Waals surface area contributed by atoms with Gasteiger partial charge in [0.2, 0.25) is 0 Å². The van der Waals surface area contributed by atoms with E-state index < -0.39 is 0 Å². The van der Waals surface area contributed by atoms with E-state index >= 15 is 0 Å². The molecule has 0 radical (unpaired) electrons. The van der Waals surface area contributed by atoms with E-state index in [1.807, 2.05) is 0 Å². The van der Waals surface area contributed by atoms with Crippen molar-refractivity contribution in [2.45, 2.75) is 32.7 Å². The van der Waals surface area contributed by atoms with Gasteiger partial charge in [0.1, 0.15) is 5.82 Å². The lowest BCUT2D eigenvalue weighted by atomic mass is 10.0. The molecule has 0 spiro atoms. The molecule has 0 heterocycles. The first-order valence-corrected chi connectivity index (χ1v) is 5.75. The molecule has 0 saturated heterocycles. The van der Waals surface area contributed by atoms with E-state index in [1.165, 1.54) is 6.07 Å². The molecule has 0 bridgehead atoms. The van der Waals surface area contributed by atoms with Crippen molar-refractivity contribution in [1.29, 1.82) is 0 Å². The number of hydrogen-bond acceptors (Lipinski definition) is 1. The van der Waals surface area contributed by atoms with Crippen LogP contribution in [0.2, 0.25) is 5.02 Å². The molecule has 0 saturated carbocycles. The topological polar surface area (TPSA) is 12.0 Å². The summed E-state index contributed by atoms with van der Waals surface area (Å²) in [5, 5.41) is 3.57. The predicted molar refractivity (Wildman–Crippen MR) is 62.7 cm³/mol. The molecule has 3 heteroatoms. The quantitative estimate of drug-likeness (QED) is 0.807. The number of hydrogen-bond donors (Lipinski definition) is 1. The van der Waals surface area contributed by atoms with Gasteiger partial charge in [-0.2, -0.15) is 0 Å². The summed E-state index contributed by atoms with van der Waals surface area (Å²) in [6.07, 6.45) is 2.13. The summed E-state index contributed by atoms with van der Waals surface area (Å²) in [4.78, 5) is 0. The summed E-state index contributed by atoms with van der Waals surface area (Å²) in [5.41, 5.74) is 1.06. The van der Waals surface area contributed by atoms with Crippen molar-refractivity contribution in [2.75, 3.05) is 6.54 Å². The van der Waals surface area contributed by atoms with Gasteiger partial charge in [-0.05, 0) is 30.7 Å². The fourth-order valence-corrected chi connectivity index (χ4v) is 1.84. The fourth-order valence-electron chi connectivity index (χ4n) is 1.65. The first-order valence-electron chi connectivity index (χ1n) is 5.37. The monoisotopic (exact) mass is 229 g/mol. The molecule has 0 aliphatic rings. The molecule has 1 nitrogen and oxygen atoms in total. The van der Waals surface area contributed by atoms with Gasteiger partial charge in [-0.1, -0.05) is 37.9 Å². The van der Waals surface area contributed by atoms with Crippen LogP contribution in [0.1, 0.15) is 38.3 Å². The molecule has 0 fully saturated rings. The molecular formula is C12H17ClFN. The van der Waals surface area contributed by atoms with Gasteiger partial charge in [-0.25, -0.2) is 4.39 Å². The summed E-state index contributed by atoms with van der Waals surface area (Å²) >= 11 is 5.76. The Bertz CT molecular complexity index is 308. The van der Waals surface area contributed by atoms with Crippen molar-refractivity contribution < 1.29 is 4.39 Å². The molecule has 1 aromatic rings. The Hall–Kier alpha value is -0.600. The lowest BCUT2D eigenvalue weighted by molar-refractivity contribution is 0.508. The average Bonchev–Trinajstić information content (AvgIpc) is 2.22. The molecule has 0 aliphatic heterocycles. The van der Waals surface area contributed by atoms with E-state index in [9.17, 15) is 4.39 Å². The van der Waals surface area contributed by atoms with E-state index in [-0.39, 0.29) is 16.9 Å². The standard InChI is InChI=1S/C12H17ClFN/c1-3-5-12(15-4-2)9-6-7-11(14)10(13)8-9/h6-8,12,15H,3-5H2,1-2H3. The van der Waals surface area contributed by atoms with E-state index in [0.29, 0.717) is 0 Å². The lowest BCUT2D eigenvalue weighted by Crippen LogP contribution is -2.20. The van der Waals surface area contributed by atoms with Crippen molar-refractivity contribution in [2.24, 2.45) is 0 Å². The minimum atomic E-state index is -0.354. The van der Waals surface area contributed by atoms with Gasteiger partial charge in [0.15, 0.2) is 0 Å². The van der Waals surface area contributed by atoms with Crippen LogP contribution in [0.4, 0.5) is 4.39 Å². The minimum Gasteiger partial charge on any atom is -0.310 e. The molecule has 1 aromatic carbocycles. The number of nitrogens with one attached hydrogen (secondary N) is 1. The zero-order valence-corrected chi connectivity index (χ0v) is 9.94. The van der Waals surface area contributed by atoms with Gasteiger partial charge in [-0.15, -0.1) is 0 Å². The average molecular weight is 230 g/mol. The van der Waals surface area contributed by atoms with Crippen LogP contribution >= 0.6 is 11.6 Å². The Kier molecular flexibility index (Phi) is 5.06. The third-order valence-electron chi connectivity index (χ3n) is 2.37. The Balaban J connectivity index is 2.85. The van der Waals surface area contributed by atoms with Crippen molar-refractivity contribution in [3.8, 4) is 0 Å². The van der Waals surface area contributed by atoms with Crippen LogP contribution in [0.3, 0.4) is 0 Å². The van der Waals surface area contributed by atoms with Crippen LogP contribution in [-0.4, -0.2) is 6.54 Å². The van der Waals surface area contributed by atoms with Crippen LogP contribution in [-0.2, 0) is 0 Å². The Morgan fingerprint density at radius 1 is 1.40 bits per heavy atom. The van der Waals surface area contributed by atoms with Gasteiger partial charge in [0.05, 0.1) is 5.02 Å². The second-order valence-electron chi connectivity index (χ2n) is 3.57. The summed E-state index contributed by atoms with van der Waals surface area (Å²) in [5.74, 6) is -0.354. The molecule has 1 N–H and O–H groups in total. The highest BCUT2D eigenvalue weighted by Gasteiger charge is 2.10. The maximum absolute atomic E-state index is 13.0. The van der Waals surface area contributed by atoms with Crippen LogP contribution in [0.25, 0.3) is 0 Å². The van der Waals surface area contributed by atoms with E-state index in [1.54, 1.807) is 12.1 Å². The van der Waals surface area contributed by atoms with Crippen molar-refractivity contribution in [3.05, 3.63) is 34.6 Å². The molecule has 0 aliphatic carbocycles. The predicted octanol–water partition coefficient (Wildman–Crippen LogP) is 3.93. The number of rotatable bonds is 5. The zero-order chi connectivity index (χ0) is 11.3. The molecule has 84 valence electrons. The Labute approximate surface area is 95.6 Å². The Morgan fingerprint density at radius 2 is 2.13 bits per heavy atom. The molecule has 15 heavy (non-hydrogen) atoms. The van der Waals surface area contributed by atoms with Gasteiger partial charge in [-0.3, -0.25) is 0 Å². The second-order valence-corrected chi connectivity index (χ2v) is 3.98. The first-order chi connectivity index (χ1) is 7.19. The number of halogens is 2. The molecule has 1 rings (SSSR count). The van der Waals surface area contributed by atoms with Crippen LogP contribution < -0.4 is 5.32 Å². The highest BCUT2D eigenvalue weighted by atomic mass is 35.5. The van der Waals surface area contributed by atoms with Crippen LogP contribution in [0.15, 0.2) is 18.2 Å². The maximum atomic E-state index is 13.0. The molecular weight excluding hydrogens is 213 g/mol. The van der Waals surface area contributed by atoms with Gasteiger partial charge < -0.3 is 5.32 Å². The summed E-state index contributed by atoms with van der Waals surface area (Å²) in [7, 11) is 0. The summed E-state index contributed by atoms with van der Waals surface area (Å²) in [6.45, 7) is 5.10. The molecule has 0 aromatic heterocycles. The van der Waals surface area contributed by atoms with E-state index in [2.05, 4.69) is 19.2 Å². The number of benzene rings is 1. The third-order valence-corrected chi connectivity index (χ3v) is 2.66. The maximum Gasteiger partial charge on any atom is 0.141 e. The fraction of sp³-hybridized carbons (Fsp3) is 0.500. The van der Waals surface area contributed by atoms with Crippen molar-refractivity contribution in [3.63, 3.8) is 0 Å². The van der Waals surface area contributed by atoms with Crippen LogP contribution in [0, 0.1) is 5.82 Å². The summed E-state index contributed by atoms with van der Waals surface area (Å²) in [6, 6.07) is 5.21. The highest BCUT2D eigenvalue weighted by molar-refractivity contribution is 6.30. The Morgan fingerprint density at radius 3 is 2.67 bits per heavy atom. The largest absolute Gasteiger partial charge is 0.310 e. The normalized spacial score (nSPS) is 12.8. The van der Waals surface area contributed by atoms with Gasteiger partial charge in [0, 0.05) is 6.04 Å². The SMILES string of the molecule is CCCC(NCC)c1ccc(F)c(Cl)c1. The second kappa shape index (κ2) is 6.09. The lowest BCUT2D eigenvalue weighted by Gasteiger charge is -2.17. The van der Waals surface area contributed by atoms with E-state index in [0.717, 1.165) is 24.9 Å². The first kappa shape index (κ1) is 12.5. The zero-order valence-electron chi connectivity index (χ0n) is 9.19. The third kappa shape index (κ3) is 3.47. The van der Waals surface area contributed by atoms with Crippen LogP contribution in [0.5, 0.6) is 0 Å². The smallest absolute Gasteiger partial charge is 0.141 e. The van der Waals surface area contributed by atoms with E-state index in [4.69, 9.17) is 11.6 Å². The van der Waals surface area contributed by atoms with Gasteiger partial charge in [0.25, 0.3) is 0 Å².